The number of ether oxygens (including phenoxy) is 1. The molecule has 20 heavy (non-hydrogen) atoms. The molecule has 1 aliphatic rings. The van der Waals surface area contributed by atoms with Gasteiger partial charge in [-0.05, 0) is 25.5 Å². The smallest absolute Gasteiger partial charge is 0.394 e. The number of hydrogen-bond donors (Lipinski definition) is 1. The summed E-state index contributed by atoms with van der Waals surface area (Å²) < 4.78 is 10.9. The second kappa shape index (κ2) is 5.46. The first-order chi connectivity index (χ1) is 9.72. The van der Waals surface area contributed by atoms with E-state index in [9.17, 15) is 10.1 Å². The van der Waals surface area contributed by atoms with Gasteiger partial charge in [0, 0.05) is 18.2 Å². The van der Waals surface area contributed by atoms with E-state index < -0.39 is 4.92 Å². The Kier molecular flexibility index (Phi) is 3.51. The molecule has 2 aromatic rings. The standard InChI is InChI=1S/C13H15N3O4/c17-16(18)10-4-5-12-11(7-10)15-13(20-12)19-8-9-3-1-2-6-14-9/h4-5,7,9,14H,1-3,6,8H2. The Morgan fingerprint density at radius 2 is 2.40 bits per heavy atom. The van der Waals surface area contributed by atoms with Crippen LogP contribution in [0.4, 0.5) is 5.69 Å². The zero-order chi connectivity index (χ0) is 13.9. The number of nitrogens with one attached hydrogen (secondary N) is 1. The molecule has 1 unspecified atom stereocenters. The monoisotopic (exact) mass is 277 g/mol. The Balaban J connectivity index is 1.70. The Morgan fingerprint density at radius 3 is 3.15 bits per heavy atom. The van der Waals surface area contributed by atoms with Crippen LogP contribution in [0.15, 0.2) is 22.6 Å². The van der Waals surface area contributed by atoms with E-state index >= 15 is 0 Å². The quantitative estimate of drug-likeness (QED) is 0.681. The van der Waals surface area contributed by atoms with Crippen LogP contribution in [0, 0.1) is 10.1 Å². The van der Waals surface area contributed by atoms with Crippen LogP contribution in [-0.2, 0) is 0 Å². The molecule has 1 aliphatic heterocycles. The maximum Gasteiger partial charge on any atom is 0.394 e. The third kappa shape index (κ3) is 2.72. The van der Waals surface area contributed by atoms with Crippen molar-refractivity contribution < 1.29 is 14.1 Å². The molecule has 1 aromatic carbocycles. The number of rotatable bonds is 4. The first-order valence-corrected chi connectivity index (χ1v) is 6.63. The summed E-state index contributed by atoms with van der Waals surface area (Å²) in [5.74, 6) is 0. The number of hydrogen-bond acceptors (Lipinski definition) is 6. The number of fused-ring (bicyclic) bond motifs is 1. The van der Waals surface area contributed by atoms with E-state index in [1.807, 2.05) is 0 Å². The number of non-ortho nitro benzene ring substituents is 1. The number of piperidine rings is 1. The van der Waals surface area contributed by atoms with Crippen molar-refractivity contribution in [2.75, 3.05) is 13.2 Å². The summed E-state index contributed by atoms with van der Waals surface area (Å²) in [7, 11) is 0. The molecule has 7 nitrogen and oxygen atoms in total. The van der Waals surface area contributed by atoms with Crippen LogP contribution in [0.1, 0.15) is 19.3 Å². The fourth-order valence-corrected chi connectivity index (χ4v) is 2.31. The van der Waals surface area contributed by atoms with E-state index in [2.05, 4.69) is 10.3 Å². The molecule has 3 rings (SSSR count). The third-order valence-corrected chi connectivity index (χ3v) is 3.38. The second-order valence-corrected chi connectivity index (χ2v) is 4.85. The van der Waals surface area contributed by atoms with Crippen molar-refractivity contribution in [3.63, 3.8) is 0 Å². The highest BCUT2D eigenvalue weighted by molar-refractivity contribution is 5.75. The molecule has 0 aliphatic carbocycles. The van der Waals surface area contributed by atoms with Crippen LogP contribution in [0.25, 0.3) is 11.1 Å². The molecule has 0 saturated carbocycles. The van der Waals surface area contributed by atoms with Crippen LogP contribution in [0.3, 0.4) is 0 Å². The fourth-order valence-electron chi connectivity index (χ4n) is 2.31. The van der Waals surface area contributed by atoms with Gasteiger partial charge < -0.3 is 14.5 Å². The summed E-state index contributed by atoms with van der Waals surface area (Å²) in [6.07, 6.45) is 3.63. The maximum atomic E-state index is 10.7. The molecule has 7 heteroatoms. The van der Waals surface area contributed by atoms with Crippen molar-refractivity contribution in [1.29, 1.82) is 0 Å². The molecule has 0 bridgehead atoms. The van der Waals surface area contributed by atoms with E-state index in [0.717, 1.165) is 13.0 Å². The van der Waals surface area contributed by atoms with Gasteiger partial charge in [0.15, 0.2) is 5.58 Å². The number of nitro groups is 1. The highest BCUT2D eigenvalue weighted by Crippen LogP contribution is 2.24. The molecule has 0 amide bonds. The summed E-state index contributed by atoms with van der Waals surface area (Å²) in [5.41, 5.74) is 0.916. The van der Waals surface area contributed by atoms with Crippen LogP contribution in [0.5, 0.6) is 6.08 Å². The Morgan fingerprint density at radius 1 is 1.50 bits per heavy atom. The predicted octanol–water partition coefficient (Wildman–Crippen LogP) is 2.26. The van der Waals surface area contributed by atoms with Gasteiger partial charge in [0.25, 0.3) is 5.69 Å². The van der Waals surface area contributed by atoms with Crippen LogP contribution < -0.4 is 10.1 Å². The van der Waals surface area contributed by atoms with Gasteiger partial charge in [-0.1, -0.05) is 6.42 Å². The normalized spacial score (nSPS) is 19.1. The van der Waals surface area contributed by atoms with E-state index in [0.29, 0.717) is 23.7 Å². The zero-order valence-electron chi connectivity index (χ0n) is 10.9. The van der Waals surface area contributed by atoms with Gasteiger partial charge in [0.05, 0.1) is 4.92 Å². The third-order valence-electron chi connectivity index (χ3n) is 3.38. The predicted molar refractivity (Wildman–Crippen MR) is 71.8 cm³/mol. The van der Waals surface area contributed by atoms with Gasteiger partial charge in [0.1, 0.15) is 12.1 Å². The molecular weight excluding hydrogens is 262 g/mol. The molecule has 1 fully saturated rings. The summed E-state index contributed by atoms with van der Waals surface area (Å²) in [6, 6.07) is 4.62. The van der Waals surface area contributed by atoms with Crippen molar-refractivity contribution in [3.8, 4) is 6.08 Å². The van der Waals surface area contributed by atoms with Crippen LogP contribution in [0.2, 0.25) is 0 Å². The minimum absolute atomic E-state index is 0.00806. The number of nitrogens with zero attached hydrogens (tertiary/aromatic N) is 2. The largest absolute Gasteiger partial charge is 0.449 e. The number of aromatic nitrogens is 1. The highest BCUT2D eigenvalue weighted by atomic mass is 16.6. The molecule has 1 atom stereocenters. The lowest BCUT2D eigenvalue weighted by Gasteiger charge is -2.22. The summed E-state index contributed by atoms with van der Waals surface area (Å²) in [4.78, 5) is 14.4. The molecule has 1 saturated heterocycles. The molecule has 1 N–H and O–H groups in total. The van der Waals surface area contributed by atoms with Gasteiger partial charge >= 0.3 is 6.08 Å². The molecule has 0 spiro atoms. The molecule has 0 radical (unpaired) electrons. The first kappa shape index (κ1) is 12.9. The Hall–Kier alpha value is -2.15. The van der Waals surface area contributed by atoms with E-state index in [4.69, 9.17) is 9.15 Å². The lowest BCUT2D eigenvalue weighted by atomic mass is 10.1. The number of benzene rings is 1. The second-order valence-electron chi connectivity index (χ2n) is 4.85. The topological polar surface area (TPSA) is 90.4 Å². The minimum Gasteiger partial charge on any atom is -0.449 e. The summed E-state index contributed by atoms with van der Waals surface area (Å²) >= 11 is 0. The van der Waals surface area contributed by atoms with Crippen molar-refractivity contribution in [3.05, 3.63) is 28.3 Å². The highest BCUT2D eigenvalue weighted by Gasteiger charge is 2.16. The van der Waals surface area contributed by atoms with Crippen molar-refractivity contribution in [2.24, 2.45) is 0 Å². The lowest BCUT2D eigenvalue weighted by Crippen LogP contribution is -2.38. The summed E-state index contributed by atoms with van der Waals surface area (Å²) in [5, 5.41) is 14.1. The molecule has 1 aromatic heterocycles. The maximum absolute atomic E-state index is 10.7. The number of nitro benzene ring substituents is 1. The van der Waals surface area contributed by atoms with Gasteiger partial charge in [-0.2, -0.15) is 4.98 Å². The SMILES string of the molecule is O=[N+]([O-])c1ccc2oc(OCC3CCCCN3)nc2c1. The zero-order valence-corrected chi connectivity index (χ0v) is 10.9. The average Bonchev–Trinajstić information content (AvgIpc) is 2.88. The van der Waals surface area contributed by atoms with Gasteiger partial charge in [0.2, 0.25) is 0 Å². The van der Waals surface area contributed by atoms with E-state index in [1.165, 1.54) is 31.0 Å². The van der Waals surface area contributed by atoms with Crippen molar-refractivity contribution in [2.45, 2.75) is 25.3 Å². The molecular formula is C13H15N3O4. The summed E-state index contributed by atoms with van der Waals surface area (Å²) in [6.45, 7) is 1.50. The van der Waals surface area contributed by atoms with Crippen LogP contribution >= 0.6 is 0 Å². The molecule has 2 heterocycles. The van der Waals surface area contributed by atoms with Gasteiger partial charge in [-0.25, -0.2) is 0 Å². The van der Waals surface area contributed by atoms with Crippen molar-refractivity contribution in [1.82, 2.24) is 10.3 Å². The Labute approximate surface area is 115 Å². The lowest BCUT2D eigenvalue weighted by molar-refractivity contribution is -0.384. The van der Waals surface area contributed by atoms with E-state index in [-0.39, 0.29) is 11.8 Å². The Bertz CT molecular complexity index is 619. The van der Waals surface area contributed by atoms with Crippen molar-refractivity contribution >= 4 is 16.8 Å². The fraction of sp³-hybridized carbons (Fsp3) is 0.462. The van der Waals surface area contributed by atoms with Crippen LogP contribution in [-0.4, -0.2) is 29.1 Å². The average molecular weight is 277 g/mol. The minimum atomic E-state index is -0.458. The van der Waals surface area contributed by atoms with Gasteiger partial charge in [-0.15, -0.1) is 0 Å². The van der Waals surface area contributed by atoms with Gasteiger partial charge in [-0.3, -0.25) is 10.1 Å². The number of oxazole rings is 1. The molecule has 106 valence electrons. The van der Waals surface area contributed by atoms with E-state index in [1.54, 1.807) is 0 Å². The first-order valence-electron chi connectivity index (χ1n) is 6.63.